The topological polar surface area (TPSA) is 87.9 Å². The van der Waals surface area contributed by atoms with E-state index in [1.54, 1.807) is 17.9 Å². The molecule has 2 fully saturated rings. The van der Waals surface area contributed by atoms with Gasteiger partial charge in [0.15, 0.2) is 5.82 Å². The number of hydrogen-bond donors (Lipinski definition) is 1. The van der Waals surface area contributed by atoms with Crippen LogP contribution in [0.25, 0.3) is 0 Å². The summed E-state index contributed by atoms with van der Waals surface area (Å²) in [5, 5.41) is 6.98. The summed E-state index contributed by atoms with van der Waals surface area (Å²) in [6.07, 6.45) is 4.41. The molecule has 1 aromatic rings. The molecule has 1 aromatic heterocycles. The number of ether oxygens (including phenoxy) is 1. The first-order chi connectivity index (χ1) is 13.5. The smallest absolute Gasteiger partial charge is 0.235 e. The summed E-state index contributed by atoms with van der Waals surface area (Å²) in [5.74, 6) is -0.118. The second kappa shape index (κ2) is 7.33. The van der Waals surface area contributed by atoms with E-state index in [1.165, 1.54) is 0 Å². The van der Waals surface area contributed by atoms with Gasteiger partial charge >= 0.3 is 0 Å². The maximum atomic E-state index is 13.1. The van der Waals surface area contributed by atoms with Gasteiger partial charge in [-0.3, -0.25) is 14.5 Å². The lowest BCUT2D eigenvalue weighted by Crippen LogP contribution is -2.44. The molecule has 1 N–H and O–H groups in total. The largest absolute Gasteiger partial charge is 0.360 e. The fourth-order valence-corrected chi connectivity index (χ4v) is 4.64. The molecule has 152 valence electrons. The van der Waals surface area contributed by atoms with Crippen molar-refractivity contribution in [2.24, 2.45) is 11.8 Å². The fraction of sp³-hybridized carbons (Fsp3) is 0.650. The summed E-state index contributed by atoms with van der Waals surface area (Å²) in [4.78, 5) is 29.9. The van der Waals surface area contributed by atoms with Crippen molar-refractivity contribution in [2.45, 2.75) is 38.9 Å². The molecule has 0 aliphatic carbocycles. The Bertz CT molecular complexity index is 787. The van der Waals surface area contributed by atoms with Crippen LogP contribution in [-0.4, -0.2) is 66.3 Å². The number of aryl methyl sites for hydroxylation is 1. The van der Waals surface area contributed by atoms with Crippen LogP contribution in [0.1, 0.15) is 26.0 Å². The summed E-state index contributed by atoms with van der Waals surface area (Å²) in [5.41, 5.74) is -0.738. The third kappa shape index (κ3) is 3.04. The van der Waals surface area contributed by atoms with Crippen LogP contribution in [-0.2, 0) is 14.3 Å². The van der Waals surface area contributed by atoms with Gasteiger partial charge in [0.2, 0.25) is 11.8 Å². The van der Waals surface area contributed by atoms with E-state index in [4.69, 9.17) is 9.26 Å². The van der Waals surface area contributed by atoms with Crippen molar-refractivity contribution in [3.63, 3.8) is 0 Å². The molecule has 0 unspecified atom stereocenters. The Morgan fingerprint density at radius 1 is 1.43 bits per heavy atom. The number of amides is 2. The van der Waals surface area contributed by atoms with Gasteiger partial charge in [-0.15, -0.1) is 0 Å². The molecule has 4 rings (SSSR count). The highest BCUT2D eigenvalue weighted by molar-refractivity contribution is 6.02. The highest BCUT2D eigenvalue weighted by Crippen LogP contribution is 2.52. The molecule has 1 spiro atoms. The quantitative estimate of drug-likeness (QED) is 0.530. The predicted molar refractivity (Wildman–Crippen MR) is 103 cm³/mol. The summed E-state index contributed by atoms with van der Waals surface area (Å²) >= 11 is 0. The Morgan fingerprint density at radius 3 is 2.89 bits per heavy atom. The molecule has 8 heteroatoms. The Morgan fingerprint density at radius 2 is 2.21 bits per heavy atom. The van der Waals surface area contributed by atoms with Gasteiger partial charge in [-0.25, -0.2) is 0 Å². The first-order valence-electron chi connectivity index (χ1n) is 10.1. The number of hydrogen-bond acceptors (Lipinski definition) is 6. The number of carbonyl (C=O) groups excluding carboxylic acids is 2. The van der Waals surface area contributed by atoms with Crippen LogP contribution < -0.4 is 10.2 Å². The van der Waals surface area contributed by atoms with Crippen molar-refractivity contribution < 1.29 is 18.8 Å². The number of rotatable bonds is 8. The minimum absolute atomic E-state index is 0.104. The van der Waals surface area contributed by atoms with Gasteiger partial charge in [-0.05, 0) is 33.0 Å². The normalized spacial score (nSPS) is 30.5. The molecule has 2 bridgehead atoms. The van der Waals surface area contributed by atoms with E-state index in [9.17, 15) is 9.59 Å². The van der Waals surface area contributed by atoms with Crippen molar-refractivity contribution in [1.82, 2.24) is 15.4 Å². The fourth-order valence-electron chi connectivity index (χ4n) is 4.64. The Kier molecular flexibility index (Phi) is 5.01. The molecule has 2 amide bonds. The minimum atomic E-state index is -0.738. The lowest BCUT2D eigenvalue weighted by molar-refractivity contribution is -0.131. The Hall–Kier alpha value is -2.19. The molecular weight excluding hydrogens is 360 g/mol. The van der Waals surface area contributed by atoms with Crippen LogP contribution >= 0.6 is 0 Å². The van der Waals surface area contributed by atoms with Gasteiger partial charge in [-0.2, -0.15) is 0 Å². The van der Waals surface area contributed by atoms with Crippen LogP contribution in [0, 0.1) is 18.8 Å². The van der Waals surface area contributed by atoms with Crippen molar-refractivity contribution in [1.29, 1.82) is 0 Å². The highest BCUT2D eigenvalue weighted by atomic mass is 16.5. The van der Waals surface area contributed by atoms with Crippen LogP contribution in [0.2, 0.25) is 0 Å². The van der Waals surface area contributed by atoms with Gasteiger partial charge in [0.05, 0.1) is 24.5 Å². The van der Waals surface area contributed by atoms with Gasteiger partial charge in [0.25, 0.3) is 0 Å². The summed E-state index contributed by atoms with van der Waals surface area (Å²) < 4.78 is 11.2. The van der Waals surface area contributed by atoms with Gasteiger partial charge in [0.1, 0.15) is 11.4 Å². The van der Waals surface area contributed by atoms with Crippen LogP contribution in [0.4, 0.5) is 5.82 Å². The van der Waals surface area contributed by atoms with E-state index in [0.717, 1.165) is 26.1 Å². The summed E-state index contributed by atoms with van der Waals surface area (Å²) in [7, 11) is 0. The first kappa shape index (κ1) is 19.1. The predicted octanol–water partition coefficient (Wildman–Crippen LogP) is 1.12. The van der Waals surface area contributed by atoms with Crippen molar-refractivity contribution in [3.8, 4) is 0 Å². The molecule has 3 aliphatic heterocycles. The third-order valence-corrected chi connectivity index (χ3v) is 6.14. The maximum absolute atomic E-state index is 13.1. The van der Waals surface area contributed by atoms with E-state index in [-0.39, 0.29) is 17.9 Å². The number of carbonyl (C=O) groups is 2. The van der Waals surface area contributed by atoms with E-state index in [1.807, 2.05) is 12.2 Å². The molecule has 8 nitrogen and oxygen atoms in total. The third-order valence-electron chi connectivity index (χ3n) is 6.14. The average Bonchev–Trinajstić information content (AvgIpc) is 3.43. The molecule has 4 heterocycles. The molecule has 0 aromatic carbocycles. The second-order valence-electron chi connectivity index (χ2n) is 7.79. The van der Waals surface area contributed by atoms with E-state index in [2.05, 4.69) is 29.2 Å². The monoisotopic (exact) mass is 388 g/mol. The van der Waals surface area contributed by atoms with Crippen molar-refractivity contribution in [2.75, 3.05) is 37.6 Å². The summed E-state index contributed by atoms with van der Waals surface area (Å²) in [6, 6.07) is 1.73. The van der Waals surface area contributed by atoms with E-state index in [0.29, 0.717) is 24.7 Å². The number of nitrogens with zero attached hydrogens (tertiary/aromatic N) is 3. The second-order valence-corrected chi connectivity index (χ2v) is 7.79. The zero-order valence-electron chi connectivity index (χ0n) is 16.7. The number of aromatic nitrogens is 1. The minimum Gasteiger partial charge on any atom is -0.360 e. The zero-order chi connectivity index (χ0) is 19.9. The van der Waals surface area contributed by atoms with Gasteiger partial charge < -0.3 is 19.5 Å². The lowest BCUT2D eigenvalue weighted by Gasteiger charge is -2.23. The van der Waals surface area contributed by atoms with Crippen LogP contribution in [0.3, 0.4) is 0 Å². The molecule has 2 saturated heterocycles. The molecule has 4 atom stereocenters. The van der Waals surface area contributed by atoms with Crippen LogP contribution in [0.5, 0.6) is 0 Å². The summed E-state index contributed by atoms with van der Waals surface area (Å²) in [6.45, 7) is 9.97. The lowest BCUT2D eigenvalue weighted by atomic mass is 9.77. The number of nitrogens with one attached hydrogen (secondary N) is 1. The Labute approximate surface area is 164 Å². The maximum Gasteiger partial charge on any atom is 0.235 e. The highest BCUT2D eigenvalue weighted by Gasteiger charge is 2.67. The van der Waals surface area contributed by atoms with E-state index < -0.39 is 17.4 Å². The SMILES string of the molecule is CCN(CC)CCCNC(=O)[C@H]1[C@@H]2C=C[C@]3(CN(c4cc(C)on4)C(=O)[C@H]13)O2. The Balaban J connectivity index is 1.42. The van der Waals surface area contributed by atoms with E-state index >= 15 is 0 Å². The van der Waals surface area contributed by atoms with Crippen molar-refractivity contribution >= 4 is 17.6 Å². The van der Waals surface area contributed by atoms with Crippen LogP contribution in [0.15, 0.2) is 22.7 Å². The average molecular weight is 388 g/mol. The number of anilines is 1. The zero-order valence-corrected chi connectivity index (χ0v) is 16.7. The van der Waals surface area contributed by atoms with Gasteiger partial charge in [-0.1, -0.05) is 31.2 Å². The molecule has 28 heavy (non-hydrogen) atoms. The standard InChI is InChI=1S/C20H28N4O4/c1-4-23(5-2)10-6-9-21-18(25)16-14-7-8-20(27-14)12-24(19(26)17(16)20)15-11-13(3)28-22-15/h7-8,11,14,16-17H,4-6,9-10,12H2,1-3H3,(H,21,25)/t14-,16-,17-,20+/m0/s1. The molecule has 3 aliphatic rings. The molecular formula is C20H28N4O4. The molecule has 0 saturated carbocycles. The molecule has 0 radical (unpaired) electrons. The van der Waals surface area contributed by atoms with Crippen molar-refractivity contribution in [3.05, 3.63) is 24.0 Å². The number of fused-ring (bicyclic) bond motifs is 1. The van der Waals surface area contributed by atoms with Gasteiger partial charge in [0, 0.05) is 12.6 Å². The first-order valence-corrected chi connectivity index (χ1v) is 10.1.